The molecule has 0 saturated heterocycles. The normalized spacial score (nSPS) is 11.1. The number of ether oxygens (including phenoxy) is 2. The van der Waals surface area contributed by atoms with Crippen molar-refractivity contribution in [1.29, 1.82) is 0 Å². The van der Waals surface area contributed by atoms with E-state index < -0.39 is 0 Å². The molecule has 3 aromatic rings. The van der Waals surface area contributed by atoms with Crippen LogP contribution in [0.2, 0.25) is 0 Å². The molecule has 0 N–H and O–H groups in total. The molecule has 3 rings (SSSR count). The molecule has 0 saturated carbocycles. The number of nitrogens with zero attached hydrogens (tertiary/aromatic N) is 4. The van der Waals surface area contributed by atoms with E-state index in [9.17, 15) is 4.79 Å². The molecule has 2 aromatic heterocycles. The Balaban J connectivity index is 1.96. The molecule has 0 aliphatic heterocycles. The summed E-state index contributed by atoms with van der Waals surface area (Å²) in [5.41, 5.74) is 3.13. The summed E-state index contributed by atoms with van der Waals surface area (Å²) < 4.78 is 12.5. The van der Waals surface area contributed by atoms with Gasteiger partial charge in [0.2, 0.25) is 0 Å². The minimum Gasteiger partial charge on any atom is -0.493 e. The topological polar surface area (TPSA) is 69.5 Å². The number of carbonyl (C=O) groups is 1. The van der Waals surface area contributed by atoms with Crippen molar-refractivity contribution in [1.82, 2.24) is 19.7 Å². The van der Waals surface area contributed by atoms with Crippen molar-refractivity contribution < 1.29 is 14.3 Å². The minimum atomic E-state index is -0.0407. The predicted molar refractivity (Wildman–Crippen MR) is 113 cm³/mol. The van der Waals surface area contributed by atoms with E-state index in [4.69, 9.17) is 9.47 Å². The Morgan fingerprint density at radius 2 is 1.90 bits per heavy atom. The summed E-state index contributed by atoms with van der Waals surface area (Å²) >= 11 is 0. The number of carbonyl (C=O) groups excluding carboxylic acids is 1. The van der Waals surface area contributed by atoms with Crippen LogP contribution in [0, 0.1) is 6.92 Å². The molecule has 1 amide bonds. The van der Waals surface area contributed by atoms with Crippen LogP contribution >= 0.6 is 0 Å². The van der Waals surface area contributed by atoms with Gasteiger partial charge in [-0.1, -0.05) is 6.07 Å². The van der Waals surface area contributed by atoms with Gasteiger partial charge < -0.3 is 14.4 Å². The van der Waals surface area contributed by atoms with E-state index in [2.05, 4.69) is 10.1 Å². The van der Waals surface area contributed by atoms with Gasteiger partial charge in [0.1, 0.15) is 0 Å². The molecule has 2 heterocycles. The van der Waals surface area contributed by atoms with Gasteiger partial charge in [0, 0.05) is 24.8 Å². The van der Waals surface area contributed by atoms with Crippen molar-refractivity contribution in [3.8, 4) is 11.5 Å². The van der Waals surface area contributed by atoms with Gasteiger partial charge in [-0.05, 0) is 51.5 Å². The average molecular weight is 396 g/mol. The van der Waals surface area contributed by atoms with Gasteiger partial charge in [-0.2, -0.15) is 5.10 Å². The highest BCUT2D eigenvalue weighted by Gasteiger charge is 2.21. The van der Waals surface area contributed by atoms with Crippen molar-refractivity contribution in [2.24, 2.45) is 0 Å². The summed E-state index contributed by atoms with van der Waals surface area (Å²) in [5.74, 6) is 1.27. The molecular formula is C22H28N4O3. The lowest BCUT2D eigenvalue weighted by atomic mass is 10.1. The Bertz CT molecular complexity index is 1030. The number of rotatable bonds is 7. The van der Waals surface area contributed by atoms with E-state index in [-0.39, 0.29) is 11.9 Å². The molecule has 1 aromatic carbocycles. The SMILES string of the molecule is CCN(Cc1ccc(OC)c(OC)c1)C(=O)c1cc(C)nc2c1cnn2C(C)C. The molecule has 0 radical (unpaired) electrons. The van der Waals surface area contributed by atoms with Crippen LogP contribution in [0.4, 0.5) is 0 Å². The molecule has 0 spiro atoms. The quantitative estimate of drug-likeness (QED) is 0.604. The molecule has 0 aliphatic rings. The summed E-state index contributed by atoms with van der Waals surface area (Å²) in [6.45, 7) is 9.02. The van der Waals surface area contributed by atoms with E-state index in [0.717, 1.165) is 22.3 Å². The van der Waals surface area contributed by atoms with Gasteiger partial charge in [0.15, 0.2) is 17.1 Å². The van der Waals surface area contributed by atoms with E-state index in [1.807, 2.05) is 61.5 Å². The number of aryl methyl sites for hydroxylation is 1. The average Bonchev–Trinajstić information content (AvgIpc) is 3.14. The van der Waals surface area contributed by atoms with Crippen molar-refractivity contribution >= 4 is 16.9 Å². The first-order valence-electron chi connectivity index (χ1n) is 9.74. The fourth-order valence-corrected chi connectivity index (χ4v) is 3.39. The first-order valence-corrected chi connectivity index (χ1v) is 9.74. The molecule has 0 fully saturated rings. The zero-order chi connectivity index (χ0) is 21.1. The molecule has 0 atom stereocenters. The van der Waals surface area contributed by atoms with Crippen LogP contribution in [-0.2, 0) is 6.54 Å². The van der Waals surface area contributed by atoms with Gasteiger partial charge in [0.05, 0.1) is 31.4 Å². The number of methoxy groups -OCH3 is 2. The highest BCUT2D eigenvalue weighted by molar-refractivity contribution is 6.05. The van der Waals surface area contributed by atoms with Crippen LogP contribution in [0.3, 0.4) is 0 Å². The monoisotopic (exact) mass is 396 g/mol. The Hall–Kier alpha value is -3.09. The fourth-order valence-electron chi connectivity index (χ4n) is 3.39. The maximum Gasteiger partial charge on any atom is 0.255 e. The molecule has 7 heteroatoms. The van der Waals surface area contributed by atoms with Crippen LogP contribution in [0.15, 0.2) is 30.5 Å². The van der Waals surface area contributed by atoms with Crippen LogP contribution in [0.5, 0.6) is 11.5 Å². The second kappa shape index (κ2) is 8.51. The van der Waals surface area contributed by atoms with Gasteiger partial charge in [0.25, 0.3) is 5.91 Å². The Morgan fingerprint density at radius 3 is 2.52 bits per heavy atom. The molecule has 0 bridgehead atoms. The summed E-state index contributed by atoms with van der Waals surface area (Å²) in [6.07, 6.45) is 1.74. The Labute approximate surface area is 171 Å². The summed E-state index contributed by atoms with van der Waals surface area (Å²) in [4.78, 5) is 19.8. The first kappa shape index (κ1) is 20.6. The maximum absolute atomic E-state index is 13.4. The standard InChI is InChI=1S/C22H28N4O3/c1-7-25(13-16-8-9-19(28-5)20(11-16)29-6)22(27)17-10-15(4)24-21-18(17)12-23-26(21)14(2)3/h8-12,14H,7,13H2,1-6H3. The summed E-state index contributed by atoms with van der Waals surface area (Å²) in [7, 11) is 3.21. The molecule has 0 unspecified atom stereocenters. The predicted octanol–water partition coefficient (Wildman–Crippen LogP) is 4.00. The largest absolute Gasteiger partial charge is 0.493 e. The molecule has 7 nitrogen and oxygen atoms in total. The smallest absolute Gasteiger partial charge is 0.255 e. The van der Waals surface area contributed by atoms with Gasteiger partial charge in [-0.15, -0.1) is 0 Å². The zero-order valence-corrected chi connectivity index (χ0v) is 17.9. The second-order valence-electron chi connectivity index (χ2n) is 7.24. The van der Waals surface area contributed by atoms with Crippen molar-refractivity contribution in [2.75, 3.05) is 20.8 Å². The number of hydrogen-bond acceptors (Lipinski definition) is 5. The Morgan fingerprint density at radius 1 is 1.17 bits per heavy atom. The number of aromatic nitrogens is 3. The fraction of sp³-hybridized carbons (Fsp3) is 0.409. The van der Waals surface area contributed by atoms with Gasteiger partial charge in [-0.25, -0.2) is 9.67 Å². The van der Waals surface area contributed by atoms with Crippen LogP contribution in [0.25, 0.3) is 11.0 Å². The molecule has 154 valence electrons. The number of fused-ring (bicyclic) bond motifs is 1. The lowest BCUT2D eigenvalue weighted by Gasteiger charge is -2.22. The van der Waals surface area contributed by atoms with Gasteiger partial charge in [-0.3, -0.25) is 4.79 Å². The highest BCUT2D eigenvalue weighted by atomic mass is 16.5. The second-order valence-corrected chi connectivity index (χ2v) is 7.24. The van der Waals surface area contributed by atoms with E-state index >= 15 is 0 Å². The van der Waals surface area contributed by atoms with E-state index in [1.165, 1.54) is 0 Å². The number of benzene rings is 1. The Kier molecular flexibility index (Phi) is 6.06. The van der Waals surface area contributed by atoms with Crippen molar-refractivity contribution in [3.05, 3.63) is 47.3 Å². The number of hydrogen-bond donors (Lipinski definition) is 0. The lowest BCUT2D eigenvalue weighted by molar-refractivity contribution is 0.0754. The number of amides is 1. The minimum absolute atomic E-state index is 0.0407. The van der Waals surface area contributed by atoms with Crippen LogP contribution in [-0.4, -0.2) is 46.3 Å². The van der Waals surface area contributed by atoms with Crippen molar-refractivity contribution in [3.63, 3.8) is 0 Å². The lowest BCUT2D eigenvalue weighted by Crippen LogP contribution is -2.30. The summed E-state index contributed by atoms with van der Waals surface area (Å²) in [5, 5.41) is 5.22. The molecule has 0 aliphatic carbocycles. The third kappa shape index (κ3) is 4.04. The van der Waals surface area contributed by atoms with E-state index in [0.29, 0.717) is 30.2 Å². The number of pyridine rings is 1. The van der Waals surface area contributed by atoms with Crippen LogP contribution in [0.1, 0.15) is 48.4 Å². The first-order chi connectivity index (χ1) is 13.9. The highest BCUT2D eigenvalue weighted by Crippen LogP contribution is 2.29. The van der Waals surface area contributed by atoms with E-state index in [1.54, 1.807) is 20.4 Å². The maximum atomic E-state index is 13.4. The molecule has 29 heavy (non-hydrogen) atoms. The zero-order valence-electron chi connectivity index (χ0n) is 17.9. The van der Waals surface area contributed by atoms with Crippen LogP contribution < -0.4 is 9.47 Å². The third-order valence-electron chi connectivity index (χ3n) is 4.90. The molecular weight excluding hydrogens is 368 g/mol. The summed E-state index contributed by atoms with van der Waals surface area (Å²) in [6, 6.07) is 7.71. The van der Waals surface area contributed by atoms with Gasteiger partial charge >= 0.3 is 0 Å². The van der Waals surface area contributed by atoms with Crippen molar-refractivity contribution in [2.45, 2.75) is 40.3 Å². The third-order valence-corrected chi connectivity index (χ3v) is 4.90.